The van der Waals surface area contributed by atoms with Gasteiger partial charge in [0.15, 0.2) is 0 Å². The number of phosphoric acid groups is 1. The molecule has 0 aromatic heterocycles. The Morgan fingerprint density at radius 2 is 0.939 bits per heavy atom. The SMILES string of the molecule is CCCCCCCCCCCCCCCCCCCCCCC(=O)NC(COP(=O)(O)OCCN)C(O)CCCCCCCCCCCC. The fourth-order valence-corrected chi connectivity index (χ4v) is 7.25. The van der Waals surface area contributed by atoms with Gasteiger partial charge in [0.05, 0.1) is 25.4 Å². The third-order valence-corrected chi connectivity index (χ3v) is 10.7. The number of hydrogen-bond donors (Lipinski definition) is 4. The van der Waals surface area contributed by atoms with Crippen molar-refractivity contribution in [3.8, 4) is 0 Å². The van der Waals surface area contributed by atoms with Gasteiger partial charge in [-0.1, -0.05) is 200 Å². The number of unbranched alkanes of at least 4 members (excludes halogenated alkanes) is 28. The highest BCUT2D eigenvalue weighted by atomic mass is 31.2. The second-order valence-electron chi connectivity index (χ2n) is 14.6. The van der Waals surface area contributed by atoms with Crippen LogP contribution >= 0.6 is 7.82 Å². The summed E-state index contributed by atoms with van der Waals surface area (Å²) < 4.78 is 22.1. The van der Waals surface area contributed by atoms with Gasteiger partial charge < -0.3 is 21.1 Å². The van der Waals surface area contributed by atoms with Gasteiger partial charge in [-0.05, 0) is 12.8 Å². The molecule has 49 heavy (non-hydrogen) atoms. The van der Waals surface area contributed by atoms with E-state index in [9.17, 15) is 19.4 Å². The lowest BCUT2D eigenvalue weighted by molar-refractivity contribution is -0.123. The minimum Gasteiger partial charge on any atom is -0.391 e. The van der Waals surface area contributed by atoms with E-state index >= 15 is 0 Å². The molecule has 0 heterocycles. The summed E-state index contributed by atoms with van der Waals surface area (Å²) in [5, 5.41) is 13.7. The van der Waals surface area contributed by atoms with Gasteiger partial charge in [-0.15, -0.1) is 0 Å². The highest BCUT2D eigenvalue weighted by Gasteiger charge is 2.27. The van der Waals surface area contributed by atoms with Crippen LogP contribution in [0.5, 0.6) is 0 Å². The van der Waals surface area contributed by atoms with Crippen LogP contribution < -0.4 is 11.1 Å². The molecule has 1 amide bonds. The molecule has 0 radical (unpaired) electrons. The monoisotopic (exact) mass is 719 g/mol. The van der Waals surface area contributed by atoms with Gasteiger partial charge in [-0.25, -0.2) is 4.57 Å². The molecular formula is C40H83N2O6P. The minimum atomic E-state index is -4.30. The first-order chi connectivity index (χ1) is 23.9. The van der Waals surface area contributed by atoms with E-state index in [1.54, 1.807) is 0 Å². The maximum absolute atomic E-state index is 12.7. The van der Waals surface area contributed by atoms with Crippen molar-refractivity contribution in [1.82, 2.24) is 5.32 Å². The molecule has 0 aromatic carbocycles. The largest absolute Gasteiger partial charge is 0.472 e. The number of hydrogen-bond acceptors (Lipinski definition) is 6. The van der Waals surface area contributed by atoms with Gasteiger partial charge in [0.2, 0.25) is 5.91 Å². The Bertz CT molecular complexity index is 744. The van der Waals surface area contributed by atoms with E-state index in [-0.39, 0.29) is 25.7 Å². The normalized spacial score (nSPS) is 14.1. The Balaban J connectivity index is 4.03. The molecule has 294 valence electrons. The Morgan fingerprint density at radius 1 is 0.592 bits per heavy atom. The molecule has 0 aliphatic rings. The quantitative estimate of drug-likeness (QED) is 0.0366. The van der Waals surface area contributed by atoms with Gasteiger partial charge in [-0.2, -0.15) is 0 Å². The molecule has 0 aliphatic carbocycles. The number of carbonyl (C=O) groups excluding carboxylic acids is 1. The summed E-state index contributed by atoms with van der Waals surface area (Å²) in [6.07, 6.45) is 38.3. The molecular weight excluding hydrogens is 635 g/mol. The molecule has 5 N–H and O–H groups in total. The van der Waals surface area contributed by atoms with Crippen molar-refractivity contribution in [2.75, 3.05) is 19.8 Å². The maximum Gasteiger partial charge on any atom is 0.472 e. The summed E-state index contributed by atoms with van der Waals surface area (Å²) in [5.74, 6) is -0.159. The number of nitrogens with one attached hydrogen (secondary N) is 1. The summed E-state index contributed by atoms with van der Waals surface area (Å²) in [5.41, 5.74) is 5.37. The Kier molecular flexibility index (Phi) is 36.9. The lowest BCUT2D eigenvalue weighted by atomic mass is 10.0. The molecule has 0 saturated heterocycles. The van der Waals surface area contributed by atoms with Crippen LogP contribution in [0, 0.1) is 0 Å². The van der Waals surface area contributed by atoms with Crippen molar-refractivity contribution in [3.63, 3.8) is 0 Å². The van der Waals surface area contributed by atoms with Crippen molar-refractivity contribution in [2.45, 2.75) is 231 Å². The number of rotatable bonds is 40. The lowest BCUT2D eigenvalue weighted by Gasteiger charge is -2.25. The van der Waals surface area contributed by atoms with Gasteiger partial charge >= 0.3 is 7.82 Å². The van der Waals surface area contributed by atoms with E-state index in [4.69, 9.17) is 14.8 Å². The second-order valence-corrected chi connectivity index (χ2v) is 16.0. The Hall–Kier alpha value is -0.500. The fourth-order valence-electron chi connectivity index (χ4n) is 6.49. The molecule has 0 fully saturated rings. The molecule has 0 aromatic rings. The van der Waals surface area contributed by atoms with E-state index in [1.165, 1.54) is 154 Å². The molecule has 3 atom stereocenters. The van der Waals surface area contributed by atoms with Crippen molar-refractivity contribution in [2.24, 2.45) is 5.73 Å². The average molecular weight is 719 g/mol. The number of aliphatic hydroxyl groups is 1. The van der Waals surface area contributed by atoms with E-state index in [2.05, 4.69) is 19.2 Å². The van der Waals surface area contributed by atoms with Crippen LogP contribution in [0.2, 0.25) is 0 Å². The third kappa shape index (κ3) is 35.7. The average Bonchev–Trinajstić information content (AvgIpc) is 3.09. The molecule has 0 aliphatic heterocycles. The number of amides is 1. The molecule has 0 spiro atoms. The van der Waals surface area contributed by atoms with Gasteiger partial charge in [0.25, 0.3) is 0 Å². The van der Waals surface area contributed by atoms with Crippen LogP contribution in [0.1, 0.15) is 219 Å². The standard InChI is InChI=1S/C40H83N2O6P/c1-3-5-7-9-11-13-15-16-17-18-19-20-21-22-23-24-26-28-30-32-34-40(44)42-38(37-48-49(45,46)47-36-35-41)39(43)33-31-29-27-25-14-12-10-8-6-4-2/h38-39,43H,3-37,41H2,1-2H3,(H,42,44)(H,45,46). The summed E-state index contributed by atoms with van der Waals surface area (Å²) in [6.45, 7) is 4.21. The third-order valence-electron chi connectivity index (χ3n) is 9.71. The van der Waals surface area contributed by atoms with E-state index in [1.807, 2.05) is 0 Å². The summed E-state index contributed by atoms with van der Waals surface area (Å²) in [7, 11) is -4.30. The number of carbonyl (C=O) groups is 1. The topological polar surface area (TPSA) is 131 Å². The highest BCUT2D eigenvalue weighted by Crippen LogP contribution is 2.43. The summed E-state index contributed by atoms with van der Waals surface area (Å²) in [4.78, 5) is 22.7. The van der Waals surface area contributed by atoms with Crippen molar-refractivity contribution >= 4 is 13.7 Å². The first-order valence-corrected chi connectivity index (χ1v) is 22.6. The zero-order chi connectivity index (χ0) is 36.1. The van der Waals surface area contributed by atoms with E-state index in [0.29, 0.717) is 12.8 Å². The van der Waals surface area contributed by atoms with Crippen LogP contribution in [0.25, 0.3) is 0 Å². The van der Waals surface area contributed by atoms with E-state index < -0.39 is 20.0 Å². The van der Waals surface area contributed by atoms with Crippen LogP contribution in [0.15, 0.2) is 0 Å². The zero-order valence-electron chi connectivity index (χ0n) is 32.5. The van der Waals surface area contributed by atoms with E-state index in [0.717, 1.165) is 38.5 Å². The van der Waals surface area contributed by atoms with Gasteiger partial charge in [-0.3, -0.25) is 13.8 Å². The van der Waals surface area contributed by atoms with Crippen LogP contribution in [-0.2, 0) is 18.4 Å². The first kappa shape index (κ1) is 48.5. The smallest absolute Gasteiger partial charge is 0.391 e. The first-order valence-electron chi connectivity index (χ1n) is 21.2. The molecule has 0 rings (SSSR count). The molecule has 0 saturated carbocycles. The molecule has 3 unspecified atom stereocenters. The second kappa shape index (κ2) is 37.3. The number of phosphoric ester groups is 1. The predicted molar refractivity (Wildman–Crippen MR) is 208 cm³/mol. The summed E-state index contributed by atoms with van der Waals surface area (Å²) in [6, 6.07) is -0.766. The number of nitrogens with two attached hydrogens (primary N) is 1. The molecule has 0 bridgehead atoms. The highest BCUT2D eigenvalue weighted by molar-refractivity contribution is 7.47. The number of aliphatic hydroxyl groups excluding tert-OH is 1. The predicted octanol–water partition coefficient (Wildman–Crippen LogP) is 11.4. The lowest BCUT2D eigenvalue weighted by Crippen LogP contribution is -2.46. The molecule has 9 heteroatoms. The zero-order valence-corrected chi connectivity index (χ0v) is 33.3. The Morgan fingerprint density at radius 3 is 1.31 bits per heavy atom. The van der Waals surface area contributed by atoms with Crippen molar-refractivity contribution < 1.29 is 28.4 Å². The molecule has 8 nitrogen and oxygen atoms in total. The van der Waals surface area contributed by atoms with Crippen molar-refractivity contribution in [3.05, 3.63) is 0 Å². The van der Waals surface area contributed by atoms with Crippen LogP contribution in [-0.4, -0.2) is 47.8 Å². The van der Waals surface area contributed by atoms with Gasteiger partial charge in [0, 0.05) is 13.0 Å². The van der Waals surface area contributed by atoms with Crippen molar-refractivity contribution in [1.29, 1.82) is 0 Å². The Labute approximate surface area is 303 Å². The summed E-state index contributed by atoms with van der Waals surface area (Å²) >= 11 is 0. The fraction of sp³-hybridized carbons (Fsp3) is 0.975. The minimum absolute atomic E-state index is 0.0922. The van der Waals surface area contributed by atoms with Crippen LogP contribution in [0.4, 0.5) is 0 Å². The van der Waals surface area contributed by atoms with Crippen LogP contribution in [0.3, 0.4) is 0 Å². The van der Waals surface area contributed by atoms with Gasteiger partial charge in [0.1, 0.15) is 0 Å². The maximum atomic E-state index is 12.7.